The zero-order valence-electron chi connectivity index (χ0n) is 8.88. The Labute approximate surface area is 81.3 Å². The minimum absolute atomic E-state index is 0.0955. The van der Waals surface area contributed by atoms with Gasteiger partial charge in [0.1, 0.15) is 0 Å². The number of unbranched alkanes of at least 4 members (excludes halogenated alkanes) is 3. The first kappa shape index (κ1) is 12.5. The molecule has 0 saturated carbocycles. The van der Waals surface area contributed by atoms with E-state index in [-0.39, 0.29) is 5.92 Å². The Morgan fingerprint density at radius 3 is 2.23 bits per heavy atom. The summed E-state index contributed by atoms with van der Waals surface area (Å²) in [5.41, 5.74) is 0. The van der Waals surface area contributed by atoms with Crippen molar-refractivity contribution in [2.45, 2.75) is 58.8 Å². The van der Waals surface area contributed by atoms with Crippen molar-refractivity contribution in [2.75, 3.05) is 0 Å². The molecule has 0 aliphatic heterocycles. The lowest BCUT2D eigenvalue weighted by Gasteiger charge is -2.09. The summed E-state index contributed by atoms with van der Waals surface area (Å²) in [6.07, 6.45) is 7.38. The van der Waals surface area contributed by atoms with E-state index < -0.39 is 5.97 Å². The first-order chi connectivity index (χ1) is 6.22. The molecule has 2 nitrogen and oxygen atoms in total. The summed E-state index contributed by atoms with van der Waals surface area (Å²) in [6.45, 7) is 4.21. The highest BCUT2D eigenvalue weighted by Gasteiger charge is 2.14. The molecule has 0 heterocycles. The molecule has 0 bridgehead atoms. The highest BCUT2D eigenvalue weighted by Crippen LogP contribution is 2.16. The van der Waals surface area contributed by atoms with Crippen LogP contribution >= 0.6 is 0 Å². The summed E-state index contributed by atoms with van der Waals surface area (Å²) in [7, 11) is 0. The molecule has 0 aromatic carbocycles. The summed E-state index contributed by atoms with van der Waals surface area (Å²) in [5, 5.41) is 8.86. The Morgan fingerprint density at radius 1 is 1.08 bits per heavy atom. The number of carboxylic acids is 1. The minimum atomic E-state index is -0.613. The Bertz CT molecular complexity index is 132. The zero-order chi connectivity index (χ0) is 10.1. The molecule has 0 aromatic rings. The lowest BCUT2D eigenvalue weighted by molar-refractivity contribution is -0.142. The fourth-order valence-electron chi connectivity index (χ4n) is 1.56. The molecule has 0 rings (SSSR count). The molecule has 0 aliphatic rings. The molecule has 0 unspecified atom stereocenters. The van der Waals surface area contributed by atoms with Gasteiger partial charge >= 0.3 is 5.97 Å². The molecule has 0 radical (unpaired) electrons. The van der Waals surface area contributed by atoms with Crippen molar-refractivity contribution in [3.63, 3.8) is 0 Å². The molecule has 0 amide bonds. The molecule has 2 heteroatoms. The van der Waals surface area contributed by atoms with Gasteiger partial charge in [0, 0.05) is 0 Å². The minimum Gasteiger partial charge on any atom is -0.481 e. The standard InChI is InChI=1S/C11H22O2/c1-3-5-6-7-9-10(8-4-2)11(12)13/h10H,3-9H2,1-2H3,(H,12,13)/t10-/m0/s1. The predicted octanol–water partition coefficient (Wildman–Crippen LogP) is 3.46. The van der Waals surface area contributed by atoms with Gasteiger partial charge in [-0.3, -0.25) is 4.79 Å². The lowest BCUT2D eigenvalue weighted by Crippen LogP contribution is -2.13. The molecule has 0 fully saturated rings. The van der Waals surface area contributed by atoms with E-state index in [9.17, 15) is 4.79 Å². The van der Waals surface area contributed by atoms with Gasteiger partial charge in [-0.25, -0.2) is 0 Å². The van der Waals surface area contributed by atoms with Gasteiger partial charge in [-0.2, -0.15) is 0 Å². The van der Waals surface area contributed by atoms with Crippen LogP contribution in [-0.4, -0.2) is 11.1 Å². The van der Waals surface area contributed by atoms with Crippen molar-refractivity contribution in [3.8, 4) is 0 Å². The third kappa shape index (κ3) is 6.62. The van der Waals surface area contributed by atoms with E-state index in [2.05, 4.69) is 6.92 Å². The molecular weight excluding hydrogens is 164 g/mol. The Kier molecular flexibility index (Phi) is 7.76. The van der Waals surface area contributed by atoms with Crippen molar-refractivity contribution in [1.82, 2.24) is 0 Å². The van der Waals surface area contributed by atoms with Crippen LogP contribution in [0.2, 0.25) is 0 Å². The van der Waals surface area contributed by atoms with E-state index in [1.165, 1.54) is 19.3 Å². The Balaban J connectivity index is 3.51. The number of hydrogen-bond acceptors (Lipinski definition) is 1. The van der Waals surface area contributed by atoms with Gasteiger partial charge in [0.15, 0.2) is 0 Å². The van der Waals surface area contributed by atoms with Crippen LogP contribution in [0.1, 0.15) is 58.8 Å². The van der Waals surface area contributed by atoms with E-state index >= 15 is 0 Å². The van der Waals surface area contributed by atoms with E-state index in [1.807, 2.05) is 6.92 Å². The van der Waals surface area contributed by atoms with E-state index in [4.69, 9.17) is 5.11 Å². The van der Waals surface area contributed by atoms with Crippen LogP contribution in [0.15, 0.2) is 0 Å². The average Bonchev–Trinajstić information content (AvgIpc) is 2.10. The Hall–Kier alpha value is -0.530. The van der Waals surface area contributed by atoms with Gasteiger partial charge in [0.25, 0.3) is 0 Å². The van der Waals surface area contributed by atoms with Crippen molar-refractivity contribution >= 4 is 5.97 Å². The third-order valence-electron chi connectivity index (χ3n) is 2.39. The second-order valence-corrected chi connectivity index (χ2v) is 3.67. The van der Waals surface area contributed by atoms with Crippen LogP contribution < -0.4 is 0 Å². The molecule has 0 aromatic heterocycles. The van der Waals surface area contributed by atoms with Crippen molar-refractivity contribution in [2.24, 2.45) is 5.92 Å². The van der Waals surface area contributed by atoms with Gasteiger partial charge in [-0.1, -0.05) is 46.0 Å². The third-order valence-corrected chi connectivity index (χ3v) is 2.39. The molecule has 1 N–H and O–H groups in total. The number of carboxylic acid groups (broad SMARTS) is 1. The van der Waals surface area contributed by atoms with E-state index in [0.29, 0.717) is 0 Å². The topological polar surface area (TPSA) is 37.3 Å². The first-order valence-electron chi connectivity index (χ1n) is 5.45. The molecule has 1 atom stereocenters. The number of aliphatic carboxylic acids is 1. The van der Waals surface area contributed by atoms with Gasteiger partial charge < -0.3 is 5.11 Å². The number of hydrogen-bond donors (Lipinski definition) is 1. The highest BCUT2D eigenvalue weighted by atomic mass is 16.4. The SMILES string of the molecule is CCCCCC[C@H](CCC)C(=O)O. The number of carbonyl (C=O) groups is 1. The van der Waals surface area contributed by atoms with Gasteiger partial charge in [-0.15, -0.1) is 0 Å². The maximum atomic E-state index is 10.8. The second-order valence-electron chi connectivity index (χ2n) is 3.67. The maximum absolute atomic E-state index is 10.8. The summed E-state index contributed by atoms with van der Waals surface area (Å²) in [6, 6.07) is 0. The first-order valence-corrected chi connectivity index (χ1v) is 5.45. The van der Waals surface area contributed by atoms with Crippen LogP contribution in [0.4, 0.5) is 0 Å². The zero-order valence-corrected chi connectivity index (χ0v) is 8.88. The normalized spacial score (nSPS) is 12.8. The predicted molar refractivity (Wildman–Crippen MR) is 54.8 cm³/mol. The molecule has 0 spiro atoms. The van der Waals surface area contributed by atoms with E-state index in [0.717, 1.165) is 25.7 Å². The van der Waals surface area contributed by atoms with Gasteiger partial charge in [0.05, 0.1) is 5.92 Å². The fraction of sp³-hybridized carbons (Fsp3) is 0.909. The summed E-state index contributed by atoms with van der Waals surface area (Å²) in [4.78, 5) is 10.8. The molecule has 78 valence electrons. The summed E-state index contributed by atoms with van der Waals surface area (Å²) >= 11 is 0. The van der Waals surface area contributed by atoms with Crippen LogP contribution in [0.3, 0.4) is 0 Å². The Morgan fingerprint density at radius 2 is 1.77 bits per heavy atom. The van der Waals surface area contributed by atoms with Crippen LogP contribution in [0, 0.1) is 5.92 Å². The second kappa shape index (κ2) is 8.09. The van der Waals surface area contributed by atoms with Crippen molar-refractivity contribution in [3.05, 3.63) is 0 Å². The average molecular weight is 186 g/mol. The van der Waals surface area contributed by atoms with Crippen LogP contribution in [0.5, 0.6) is 0 Å². The number of rotatable bonds is 8. The van der Waals surface area contributed by atoms with E-state index in [1.54, 1.807) is 0 Å². The van der Waals surface area contributed by atoms with Gasteiger partial charge in [0.2, 0.25) is 0 Å². The quantitative estimate of drug-likeness (QED) is 0.589. The molecule has 0 saturated heterocycles. The monoisotopic (exact) mass is 186 g/mol. The van der Waals surface area contributed by atoms with Gasteiger partial charge in [-0.05, 0) is 12.8 Å². The van der Waals surface area contributed by atoms with Crippen LogP contribution in [-0.2, 0) is 4.79 Å². The largest absolute Gasteiger partial charge is 0.481 e. The summed E-state index contributed by atoms with van der Waals surface area (Å²) < 4.78 is 0. The lowest BCUT2D eigenvalue weighted by atomic mass is 9.96. The summed E-state index contributed by atoms with van der Waals surface area (Å²) in [5.74, 6) is -0.708. The molecular formula is C11H22O2. The smallest absolute Gasteiger partial charge is 0.306 e. The van der Waals surface area contributed by atoms with Crippen LogP contribution in [0.25, 0.3) is 0 Å². The van der Waals surface area contributed by atoms with Crippen molar-refractivity contribution in [1.29, 1.82) is 0 Å². The molecule has 13 heavy (non-hydrogen) atoms. The highest BCUT2D eigenvalue weighted by molar-refractivity contribution is 5.69. The fourth-order valence-corrected chi connectivity index (χ4v) is 1.56. The molecule has 0 aliphatic carbocycles. The van der Waals surface area contributed by atoms with Crippen molar-refractivity contribution < 1.29 is 9.90 Å². The maximum Gasteiger partial charge on any atom is 0.306 e.